The Labute approximate surface area is 144 Å². The van der Waals surface area contributed by atoms with Crippen molar-refractivity contribution >= 4 is 40.5 Å². The van der Waals surface area contributed by atoms with Gasteiger partial charge in [0.1, 0.15) is 5.02 Å². The van der Waals surface area contributed by atoms with Gasteiger partial charge in [-0.05, 0) is 31.0 Å². The van der Waals surface area contributed by atoms with Gasteiger partial charge >= 0.3 is 0 Å². The van der Waals surface area contributed by atoms with Gasteiger partial charge < -0.3 is 5.32 Å². The van der Waals surface area contributed by atoms with Crippen LogP contribution in [-0.2, 0) is 0 Å². The van der Waals surface area contributed by atoms with Gasteiger partial charge in [-0.2, -0.15) is 9.78 Å². The number of anilines is 1. The molecule has 0 saturated heterocycles. The summed E-state index contributed by atoms with van der Waals surface area (Å²) in [6, 6.07) is 5.61. The number of nitrogens with zero attached hydrogens (tertiary/aromatic N) is 2. The second-order valence-electron chi connectivity index (χ2n) is 4.85. The van der Waals surface area contributed by atoms with Crippen LogP contribution in [0.3, 0.4) is 0 Å². The molecule has 2 aromatic rings. The molecule has 118 valence electrons. The zero-order valence-corrected chi connectivity index (χ0v) is 14.5. The van der Waals surface area contributed by atoms with E-state index in [1.54, 1.807) is 12.1 Å². The van der Waals surface area contributed by atoms with Crippen molar-refractivity contribution in [2.24, 2.45) is 0 Å². The van der Waals surface area contributed by atoms with Crippen LogP contribution in [0.4, 0.5) is 5.69 Å². The first-order valence-electron chi connectivity index (χ1n) is 6.97. The van der Waals surface area contributed by atoms with Gasteiger partial charge in [-0.3, -0.25) is 4.79 Å². The van der Waals surface area contributed by atoms with Crippen LogP contribution < -0.4 is 10.9 Å². The third kappa shape index (κ3) is 3.57. The lowest BCUT2D eigenvalue weighted by Gasteiger charge is -2.18. The molecular formula is C15H16Cl3N3O. The van der Waals surface area contributed by atoms with Crippen LogP contribution in [-0.4, -0.2) is 15.8 Å². The molecule has 0 radical (unpaired) electrons. The average Bonchev–Trinajstić information content (AvgIpc) is 2.52. The highest BCUT2D eigenvalue weighted by Crippen LogP contribution is 2.26. The van der Waals surface area contributed by atoms with E-state index in [4.69, 9.17) is 34.8 Å². The Morgan fingerprint density at radius 1 is 1.18 bits per heavy atom. The second-order valence-corrected chi connectivity index (χ2v) is 6.04. The van der Waals surface area contributed by atoms with Crippen LogP contribution in [0.15, 0.2) is 29.2 Å². The van der Waals surface area contributed by atoms with Crippen molar-refractivity contribution in [3.05, 3.63) is 49.8 Å². The minimum absolute atomic E-state index is 0.0629. The van der Waals surface area contributed by atoms with Gasteiger partial charge in [-0.25, -0.2) is 0 Å². The highest BCUT2D eigenvalue weighted by molar-refractivity contribution is 6.41. The van der Waals surface area contributed by atoms with E-state index in [2.05, 4.69) is 24.3 Å². The number of nitrogens with one attached hydrogen (secondary N) is 1. The molecule has 0 fully saturated rings. The van der Waals surface area contributed by atoms with Crippen molar-refractivity contribution in [3.63, 3.8) is 0 Å². The van der Waals surface area contributed by atoms with Gasteiger partial charge in [-0.1, -0.05) is 48.7 Å². The van der Waals surface area contributed by atoms with Crippen molar-refractivity contribution in [3.8, 4) is 5.69 Å². The third-order valence-electron chi connectivity index (χ3n) is 3.42. The van der Waals surface area contributed by atoms with Gasteiger partial charge in [-0.15, -0.1) is 0 Å². The summed E-state index contributed by atoms with van der Waals surface area (Å²) >= 11 is 17.9. The molecule has 22 heavy (non-hydrogen) atoms. The molecule has 0 spiro atoms. The zero-order valence-electron chi connectivity index (χ0n) is 12.2. The van der Waals surface area contributed by atoms with Crippen LogP contribution in [0.2, 0.25) is 15.1 Å². The van der Waals surface area contributed by atoms with E-state index in [0.717, 1.165) is 18.5 Å². The Morgan fingerprint density at radius 2 is 1.86 bits per heavy atom. The van der Waals surface area contributed by atoms with E-state index in [0.29, 0.717) is 16.8 Å². The van der Waals surface area contributed by atoms with E-state index in [1.807, 2.05) is 6.07 Å². The Balaban J connectivity index is 2.38. The number of benzene rings is 1. The van der Waals surface area contributed by atoms with Crippen molar-refractivity contribution in [2.45, 2.75) is 32.7 Å². The normalized spacial score (nSPS) is 11.0. The fraction of sp³-hybridized carbons (Fsp3) is 0.333. The summed E-state index contributed by atoms with van der Waals surface area (Å²) in [7, 11) is 0. The first-order chi connectivity index (χ1) is 10.5. The van der Waals surface area contributed by atoms with Crippen molar-refractivity contribution in [2.75, 3.05) is 5.32 Å². The topological polar surface area (TPSA) is 46.9 Å². The van der Waals surface area contributed by atoms with Crippen LogP contribution in [0.5, 0.6) is 0 Å². The molecule has 7 heteroatoms. The maximum atomic E-state index is 12.1. The monoisotopic (exact) mass is 359 g/mol. The van der Waals surface area contributed by atoms with E-state index < -0.39 is 5.56 Å². The number of hydrogen-bond donors (Lipinski definition) is 1. The van der Waals surface area contributed by atoms with Gasteiger partial charge in [0.25, 0.3) is 5.56 Å². The lowest BCUT2D eigenvalue weighted by atomic mass is 10.1. The van der Waals surface area contributed by atoms with E-state index in [9.17, 15) is 4.79 Å². The largest absolute Gasteiger partial charge is 0.381 e. The standard InChI is InChI=1S/C15H16Cl3N3O/c1-3-9(4-2)20-13-6-5-10(7-11(13)16)21-15(22)14(18)12(17)8-19-21/h5-9,20H,3-4H2,1-2H3. The summed E-state index contributed by atoms with van der Waals surface area (Å²) in [6.07, 6.45) is 3.33. The summed E-state index contributed by atoms with van der Waals surface area (Å²) in [6.45, 7) is 4.23. The smallest absolute Gasteiger partial charge is 0.291 e. The Bertz CT molecular complexity index is 726. The molecule has 0 unspecified atom stereocenters. The number of halogens is 3. The molecule has 0 aliphatic heterocycles. The summed E-state index contributed by atoms with van der Waals surface area (Å²) in [4.78, 5) is 12.1. The first-order valence-corrected chi connectivity index (χ1v) is 8.11. The molecule has 1 N–H and O–H groups in total. The molecule has 0 atom stereocenters. The lowest BCUT2D eigenvalue weighted by molar-refractivity contribution is 0.672. The van der Waals surface area contributed by atoms with Crippen molar-refractivity contribution < 1.29 is 0 Å². The highest BCUT2D eigenvalue weighted by Gasteiger charge is 2.12. The lowest BCUT2D eigenvalue weighted by Crippen LogP contribution is -2.21. The summed E-state index contributed by atoms with van der Waals surface area (Å²) in [5.41, 5.74) is 0.877. The van der Waals surface area contributed by atoms with Crippen LogP contribution in [0.1, 0.15) is 26.7 Å². The molecule has 0 bridgehead atoms. The SMILES string of the molecule is CCC(CC)Nc1ccc(-n2ncc(Cl)c(Cl)c2=O)cc1Cl. The molecule has 0 saturated carbocycles. The Morgan fingerprint density at radius 3 is 2.45 bits per heavy atom. The highest BCUT2D eigenvalue weighted by atomic mass is 35.5. The van der Waals surface area contributed by atoms with E-state index in [-0.39, 0.29) is 10.0 Å². The van der Waals surface area contributed by atoms with Crippen LogP contribution in [0.25, 0.3) is 5.69 Å². The Hall–Kier alpha value is -1.23. The molecule has 1 heterocycles. The molecule has 4 nitrogen and oxygen atoms in total. The predicted octanol–water partition coefficient (Wildman–Crippen LogP) is 4.79. The van der Waals surface area contributed by atoms with E-state index >= 15 is 0 Å². The summed E-state index contributed by atoms with van der Waals surface area (Å²) in [5, 5.41) is 7.94. The first kappa shape index (κ1) is 17.1. The van der Waals surface area contributed by atoms with Crippen LogP contribution >= 0.6 is 34.8 Å². The van der Waals surface area contributed by atoms with E-state index in [1.165, 1.54) is 10.9 Å². The predicted molar refractivity (Wildman–Crippen MR) is 92.9 cm³/mol. The van der Waals surface area contributed by atoms with Crippen molar-refractivity contribution in [1.29, 1.82) is 0 Å². The Kier molecular flexibility index (Phi) is 5.73. The molecule has 0 aliphatic rings. The third-order valence-corrected chi connectivity index (χ3v) is 4.48. The average molecular weight is 361 g/mol. The molecular weight excluding hydrogens is 345 g/mol. The molecule has 1 aromatic carbocycles. The fourth-order valence-corrected chi connectivity index (χ4v) is 2.54. The fourth-order valence-electron chi connectivity index (χ4n) is 2.06. The number of hydrogen-bond acceptors (Lipinski definition) is 3. The van der Waals surface area contributed by atoms with Gasteiger partial charge in [0.05, 0.1) is 27.6 Å². The maximum absolute atomic E-state index is 12.1. The molecule has 1 aromatic heterocycles. The minimum atomic E-state index is -0.481. The number of aromatic nitrogens is 2. The van der Waals surface area contributed by atoms with Crippen molar-refractivity contribution in [1.82, 2.24) is 9.78 Å². The number of rotatable bonds is 5. The molecule has 0 aliphatic carbocycles. The zero-order chi connectivity index (χ0) is 16.3. The maximum Gasteiger partial charge on any atom is 0.291 e. The summed E-state index contributed by atoms with van der Waals surface area (Å²) < 4.78 is 1.17. The van der Waals surface area contributed by atoms with Gasteiger partial charge in [0, 0.05) is 6.04 Å². The quantitative estimate of drug-likeness (QED) is 0.833. The van der Waals surface area contributed by atoms with Crippen LogP contribution in [0, 0.1) is 0 Å². The molecule has 0 amide bonds. The second kappa shape index (κ2) is 7.36. The van der Waals surface area contributed by atoms with Gasteiger partial charge in [0.2, 0.25) is 0 Å². The molecule has 2 rings (SSSR count). The summed E-state index contributed by atoms with van der Waals surface area (Å²) in [5.74, 6) is 0. The van der Waals surface area contributed by atoms with Gasteiger partial charge in [0.15, 0.2) is 0 Å². The minimum Gasteiger partial charge on any atom is -0.381 e.